The van der Waals surface area contributed by atoms with Crippen LogP contribution in [0.1, 0.15) is 25.6 Å². The molecule has 0 spiro atoms. The van der Waals surface area contributed by atoms with Crippen LogP contribution in [0, 0.1) is 11.3 Å². The first kappa shape index (κ1) is 17.9. The molecule has 1 heterocycles. The van der Waals surface area contributed by atoms with E-state index in [4.69, 9.17) is 19.5 Å². The van der Waals surface area contributed by atoms with Crippen molar-refractivity contribution in [3.05, 3.63) is 41.4 Å². The molecule has 0 aliphatic rings. The Bertz CT molecular complexity index is 886. The summed E-state index contributed by atoms with van der Waals surface area (Å²) in [7, 11) is 0. The lowest BCUT2D eigenvalue weighted by atomic mass is 10.2. The van der Waals surface area contributed by atoms with Crippen molar-refractivity contribution in [1.82, 2.24) is 5.32 Å². The lowest BCUT2D eigenvalue weighted by Crippen LogP contribution is -2.28. The summed E-state index contributed by atoms with van der Waals surface area (Å²) in [6.45, 7) is 2.39. The molecule has 1 atom stereocenters. The zero-order chi connectivity index (χ0) is 18.6. The molecule has 0 bridgehead atoms. The van der Waals surface area contributed by atoms with Crippen LogP contribution in [0.2, 0.25) is 0 Å². The lowest BCUT2D eigenvalue weighted by molar-refractivity contribution is -0.139. The van der Waals surface area contributed by atoms with Crippen LogP contribution < -0.4 is 10.1 Å². The number of carboxylic acids is 1. The molecular weight excluding hydrogens is 328 g/mol. The van der Waals surface area contributed by atoms with Crippen LogP contribution >= 0.6 is 0 Å². The van der Waals surface area contributed by atoms with E-state index in [9.17, 15) is 14.7 Å². The molecule has 0 aliphatic heterocycles. The maximum atomic E-state index is 12.0. The molecular formula is C17H16N2O6. The zero-order valence-corrected chi connectivity index (χ0v) is 13.6. The molecule has 0 radical (unpaired) electrons. The first-order valence-electron chi connectivity index (χ1n) is 7.31. The SMILES string of the molecule is C/C(O)=C(\C#N)C(=O)NC(C)c1cc2cccc(OCC(=O)O)c2o1. The van der Waals surface area contributed by atoms with Crippen molar-refractivity contribution in [2.24, 2.45) is 0 Å². The quantitative estimate of drug-likeness (QED) is 0.416. The van der Waals surface area contributed by atoms with Crippen LogP contribution in [0.3, 0.4) is 0 Å². The maximum Gasteiger partial charge on any atom is 0.341 e. The number of allylic oxidation sites excluding steroid dienone is 1. The number of fused-ring (bicyclic) bond motifs is 1. The van der Waals surface area contributed by atoms with Crippen LogP contribution in [0.4, 0.5) is 0 Å². The number of ether oxygens (including phenoxy) is 1. The molecule has 8 nitrogen and oxygen atoms in total. The minimum Gasteiger partial charge on any atom is -0.511 e. The van der Waals surface area contributed by atoms with E-state index in [0.29, 0.717) is 16.7 Å². The topological polar surface area (TPSA) is 133 Å². The van der Waals surface area contributed by atoms with E-state index in [-0.39, 0.29) is 17.1 Å². The number of amides is 1. The fourth-order valence-corrected chi connectivity index (χ4v) is 2.16. The van der Waals surface area contributed by atoms with Gasteiger partial charge in [0.25, 0.3) is 5.91 Å². The highest BCUT2D eigenvalue weighted by atomic mass is 16.5. The first-order valence-corrected chi connectivity index (χ1v) is 7.31. The Kier molecular flexibility index (Phi) is 5.29. The Morgan fingerprint density at radius 2 is 2.12 bits per heavy atom. The summed E-state index contributed by atoms with van der Waals surface area (Å²) in [6.07, 6.45) is 0. The third kappa shape index (κ3) is 4.09. The van der Waals surface area contributed by atoms with Gasteiger partial charge in [-0.25, -0.2) is 4.79 Å². The number of benzene rings is 1. The molecule has 0 fully saturated rings. The molecule has 25 heavy (non-hydrogen) atoms. The number of carboxylic acid groups (broad SMARTS) is 1. The predicted molar refractivity (Wildman–Crippen MR) is 86.8 cm³/mol. The lowest BCUT2D eigenvalue weighted by Gasteiger charge is -2.11. The Labute approximate surface area is 142 Å². The molecule has 0 aliphatic carbocycles. The molecule has 2 aromatic rings. The molecule has 130 valence electrons. The number of nitrogens with zero attached hydrogens (tertiary/aromatic N) is 1. The van der Waals surface area contributed by atoms with Crippen molar-refractivity contribution in [2.45, 2.75) is 19.9 Å². The number of aliphatic carboxylic acids is 1. The van der Waals surface area contributed by atoms with Crippen LogP contribution in [-0.4, -0.2) is 28.7 Å². The largest absolute Gasteiger partial charge is 0.511 e. The molecule has 1 aromatic heterocycles. The zero-order valence-electron chi connectivity index (χ0n) is 13.6. The van der Waals surface area contributed by atoms with Gasteiger partial charge in [0.15, 0.2) is 23.5 Å². The summed E-state index contributed by atoms with van der Waals surface area (Å²) >= 11 is 0. The van der Waals surface area contributed by atoms with Gasteiger partial charge in [-0.1, -0.05) is 12.1 Å². The van der Waals surface area contributed by atoms with E-state index in [1.54, 1.807) is 37.3 Å². The highest BCUT2D eigenvalue weighted by Crippen LogP contribution is 2.31. The third-order valence-corrected chi connectivity index (χ3v) is 3.35. The summed E-state index contributed by atoms with van der Waals surface area (Å²) < 4.78 is 10.9. The van der Waals surface area contributed by atoms with Crippen molar-refractivity contribution >= 4 is 22.8 Å². The number of nitriles is 1. The minimum absolute atomic E-state index is 0.272. The monoisotopic (exact) mass is 344 g/mol. The van der Waals surface area contributed by atoms with Gasteiger partial charge in [0.05, 0.1) is 6.04 Å². The molecule has 1 amide bonds. The van der Waals surface area contributed by atoms with E-state index in [2.05, 4.69) is 5.32 Å². The summed E-state index contributed by atoms with van der Waals surface area (Å²) in [4.78, 5) is 22.6. The fraction of sp³-hybridized carbons (Fsp3) is 0.235. The normalized spacial score (nSPS) is 12.8. The smallest absolute Gasteiger partial charge is 0.341 e. The van der Waals surface area contributed by atoms with E-state index in [1.807, 2.05) is 0 Å². The van der Waals surface area contributed by atoms with Gasteiger partial charge in [0.1, 0.15) is 17.6 Å². The van der Waals surface area contributed by atoms with Crippen LogP contribution in [-0.2, 0) is 9.59 Å². The number of carbonyl (C=O) groups excluding carboxylic acids is 1. The van der Waals surface area contributed by atoms with Crippen molar-refractivity contribution in [3.8, 4) is 11.8 Å². The van der Waals surface area contributed by atoms with Gasteiger partial charge in [0.2, 0.25) is 0 Å². The number of furan rings is 1. The Morgan fingerprint density at radius 3 is 2.72 bits per heavy atom. The van der Waals surface area contributed by atoms with Crippen molar-refractivity contribution in [1.29, 1.82) is 5.26 Å². The van der Waals surface area contributed by atoms with Gasteiger partial charge in [-0.05, 0) is 26.0 Å². The van der Waals surface area contributed by atoms with Crippen molar-refractivity contribution in [3.63, 3.8) is 0 Å². The molecule has 0 saturated heterocycles. The minimum atomic E-state index is -1.11. The summed E-state index contributed by atoms with van der Waals surface area (Å²) in [5.41, 5.74) is -0.0253. The van der Waals surface area contributed by atoms with Gasteiger partial charge in [-0.15, -0.1) is 0 Å². The van der Waals surface area contributed by atoms with Crippen molar-refractivity contribution in [2.75, 3.05) is 6.61 Å². The second-order valence-electron chi connectivity index (χ2n) is 5.27. The molecule has 2 rings (SSSR count). The van der Waals surface area contributed by atoms with Gasteiger partial charge >= 0.3 is 5.97 Å². The Balaban J connectivity index is 2.25. The molecule has 3 N–H and O–H groups in total. The van der Waals surface area contributed by atoms with Crippen LogP contribution in [0.25, 0.3) is 11.0 Å². The van der Waals surface area contributed by atoms with E-state index in [1.165, 1.54) is 6.92 Å². The van der Waals surface area contributed by atoms with Gasteiger partial charge < -0.3 is 24.7 Å². The Morgan fingerprint density at radius 1 is 1.40 bits per heavy atom. The number of hydrogen-bond acceptors (Lipinski definition) is 6. The Hall–Kier alpha value is -3.47. The van der Waals surface area contributed by atoms with Gasteiger partial charge in [-0.2, -0.15) is 5.26 Å². The first-order chi connectivity index (χ1) is 11.8. The molecule has 1 unspecified atom stereocenters. The predicted octanol–water partition coefficient (Wildman–Crippen LogP) is 2.43. The molecule has 8 heteroatoms. The number of para-hydroxylation sites is 1. The molecule has 1 aromatic carbocycles. The van der Waals surface area contributed by atoms with Crippen molar-refractivity contribution < 1.29 is 29.0 Å². The summed E-state index contributed by atoms with van der Waals surface area (Å²) in [5, 5.41) is 30.1. The van der Waals surface area contributed by atoms with E-state index < -0.39 is 24.5 Å². The average Bonchev–Trinajstić information content (AvgIpc) is 2.97. The second kappa shape index (κ2) is 7.40. The number of aliphatic hydroxyl groups excluding tert-OH is 1. The van der Waals surface area contributed by atoms with Crippen LogP contribution in [0.15, 0.2) is 40.0 Å². The van der Waals surface area contributed by atoms with E-state index in [0.717, 1.165) is 0 Å². The number of rotatable bonds is 6. The average molecular weight is 344 g/mol. The summed E-state index contributed by atoms with van der Waals surface area (Å²) in [5.74, 6) is -1.55. The number of hydrogen-bond donors (Lipinski definition) is 3. The molecule has 0 saturated carbocycles. The summed E-state index contributed by atoms with van der Waals surface area (Å²) in [6, 6.07) is 7.74. The number of carbonyl (C=O) groups is 2. The third-order valence-electron chi connectivity index (χ3n) is 3.35. The standard InChI is InChI=1S/C17H16N2O6/c1-9(19-17(23)12(7-18)10(2)20)14-6-11-4-3-5-13(16(11)25-14)24-8-15(21)22/h3-6,9,20H,8H2,1-2H3,(H,19,23)(H,21,22)/b12-10-. The van der Waals surface area contributed by atoms with Gasteiger partial charge in [0, 0.05) is 5.39 Å². The van der Waals surface area contributed by atoms with Gasteiger partial charge in [-0.3, -0.25) is 4.79 Å². The number of nitrogens with one attached hydrogen (secondary N) is 1. The number of aliphatic hydroxyl groups is 1. The van der Waals surface area contributed by atoms with Crippen LogP contribution in [0.5, 0.6) is 5.75 Å². The highest BCUT2D eigenvalue weighted by Gasteiger charge is 2.19. The fourth-order valence-electron chi connectivity index (χ4n) is 2.16. The van der Waals surface area contributed by atoms with E-state index >= 15 is 0 Å². The maximum absolute atomic E-state index is 12.0. The highest BCUT2D eigenvalue weighted by molar-refractivity contribution is 5.97. The second-order valence-corrected chi connectivity index (χ2v) is 5.27.